The molecule has 1 N–H and O–H groups in total. The molecule has 3 heterocycles. The Bertz CT molecular complexity index is 797. The second-order valence-corrected chi connectivity index (χ2v) is 6.50. The van der Waals surface area contributed by atoms with Crippen molar-refractivity contribution < 1.29 is 4.79 Å². The van der Waals surface area contributed by atoms with Crippen molar-refractivity contribution in [3.05, 3.63) is 57.5 Å². The third-order valence-corrected chi connectivity index (χ3v) is 4.16. The summed E-state index contributed by atoms with van der Waals surface area (Å²) in [6.45, 7) is 1.87. The van der Waals surface area contributed by atoms with Gasteiger partial charge in [-0.15, -0.1) is 11.3 Å². The van der Waals surface area contributed by atoms with Crippen LogP contribution >= 0.6 is 22.9 Å². The summed E-state index contributed by atoms with van der Waals surface area (Å²) in [4.78, 5) is 17.3. The van der Waals surface area contributed by atoms with E-state index in [0.717, 1.165) is 10.6 Å². The number of thiophene rings is 1. The highest BCUT2D eigenvalue weighted by Gasteiger charge is 2.12. The predicted molar refractivity (Wildman–Crippen MR) is 87.8 cm³/mol. The number of halogens is 1. The average molecular weight is 333 g/mol. The number of carbonyl (C=O) groups excluding carboxylic acids is 1. The van der Waals surface area contributed by atoms with Crippen LogP contribution in [0.5, 0.6) is 0 Å². The Kier molecular flexibility index (Phi) is 4.22. The van der Waals surface area contributed by atoms with Crippen LogP contribution < -0.4 is 5.32 Å². The molecule has 3 rings (SSSR count). The van der Waals surface area contributed by atoms with Crippen LogP contribution in [0.3, 0.4) is 0 Å². The predicted octanol–water partition coefficient (Wildman–Crippen LogP) is 3.47. The number of hydrogen-bond donors (Lipinski definition) is 1. The van der Waals surface area contributed by atoms with Crippen LogP contribution in [0.15, 0.2) is 42.6 Å². The van der Waals surface area contributed by atoms with Crippen LogP contribution in [0.2, 0.25) is 4.34 Å². The highest BCUT2D eigenvalue weighted by atomic mass is 35.5. The Hall–Kier alpha value is -2.18. The zero-order chi connectivity index (χ0) is 15.5. The molecule has 0 unspecified atom stereocenters. The number of carbonyl (C=O) groups is 1. The first-order chi connectivity index (χ1) is 10.6. The smallest absolute Gasteiger partial charge is 0.230 e. The second kappa shape index (κ2) is 6.29. The SMILES string of the molecule is Cc1cc(NC(=O)Cc2ccc(Cl)s2)n(-c2ccccn2)n1. The highest BCUT2D eigenvalue weighted by Crippen LogP contribution is 2.22. The van der Waals surface area contributed by atoms with Gasteiger partial charge in [0.15, 0.2) is 5.82 Å². The first kappa shape index (κ1) is 14.7. The number of amides is 1. The van der Waals surface area contributed by atoms with Crippen LogP contribution in [0.25, 0.3) is 5.82 Å². The molecular weight excluding hydrogens is 320 g/mol. The van der Waals surface area contributed by atoms with Gasteiger partial charge in [0.1, 0.15) is 5.82 Å². The number of nitrogens with one attached hydrogen (secondary N) is 1. The zero-order valence-electron chi connectivity index (χ0n) is 11.8. The number of aromatic nitrogens is 3. The topological polar surface area (TPSA) is 59.8 Å². The molecule has 3 aromatic rings. The summed E-state index contributed by atoms with van der Waals surface area (Å²) in [5, 5.41) is 7.24. The van der Waals surface area contributed by atoms with Gasteiger partial charge in [-0.25, -0.2) is 4.98 Å². The van der Waals surface area contributed by atoms with Gasteiger partial charge in [0.25, 0.3) is 0 Å². The van der Waals surface area contributed by atoms with Crippen LogP contribution in [-0.4, -0.2) is 20.7 Å². The molecule has 0 aromatic carbocycles. The fraction of sp³-hybridized carbons (Fsp3) is 0.133. The maximum absolute atomic E-state index is 12.2. The van der Waals surface area contributed by atoms with Gasteiger partial charge in [0.2, 0.25) is 5.91 Å². The standard InChI is InChI=1S/C15H13ClN4OS/c1-10-8-14(20(19-10)13-4-2-3-7-17-13)18-15(21)9-11-5-6-12(16)22-11/h2-8H,9H2,1H3,(H,18,21). The van der Waals surface area contributed by atoms with Crippen LogP contribution in [0.4, 0.5) is 5.82 Å². The summed E-state index contributed by atoms with van der Waals surface area (Å²) in [7, 11) is 0. The molecular formula is C15H13ClN4OS. The lowest BCUT2D eigenvalue weighted by molar-refractivity contribution is -0.115. The quantitative estimate of drug-likeness (QED) is 0.795. The number of anilines is 1. The van der Waals surface area contributed by atoms with Gasteiger partial charge in [-0.05, 0) is 31.2 Å². The van der Waals surface area contributed by atoms with E-state index in [2.05, 4.69) is 15.4 Å². The number of aryl methyl sites for hydroxylation is 1. The monoisotopic (exact) mass is 332 g/mol. The van der Waals surface area contributed by atoms with E-state index in [1.807, 2.05) is 37.3 Å². The molecule has 0 aliphatic rings. The Morgan fingerprint density at radius 3 is 2.91 bits per heavy atom. The largest absolute Gasteiger partial charge is 0.310 e. The first-order valence-corrected chi connectivity index (χ1v) is 7.83. The van der Waals surface area contributed by atoms with Gasteiger partial charge in [-0.3, -0.25) is 4.79 Å². The average Bonchev–Trinajstić information content (AvgIpc) is 3.06. The second-order valence-electron chi connectivity index (χ2n) is 4.70. The molecule has 0 fully saturated rings. The van der Waals surface area contributed by atoms with Crippen LogP contribution in [0.1, 0.15) is 10.6 Å². The molecule has 7 heteroatoms. The van der Waals surface area contributed by atoms with Crippen LogP contribution in [-0.2, 0) is 11.2 Å². The minimum atomic E-state index is -0.115. The molecule has 0 saturated carbocycles. The zero-order valence-corrected chi connectivity index (χ0v) is 13.4. The number of nitrogens with zero attached hydrogens (tertiary/aromatic N) is 3. The van der Waals surface area contributed by atoms with Crippen molar-refractivity contribution in [3.8, 4) is 5.82 Å². The van der Waals surface area contributed by atoms with E-state index in [4.69, 9.17) is 11.6 Å². The molecule has 1 amide bonds. The van der Waals surface area contributed by atoms with E-state index < -0.39 is 0 Å². The molecule has 0 aliphatic heterocycles. The summed E-state index contributed by atoms with van der Waals surface area (Å²) in [6.07, 6.45) is 1.97. The van der Waals surface area contributed by atoms with E-state index >= 15 is 0 Å². The van der Waals surface area contributed by atoms with Crippen molar-refractivity contribution in [2.75, 3.05) is 5.32 Å². The van der Waals surface area contributed by atoms with Gasteiger partial charge >= 0.3 is 0 Å². The third-order valence-electron chi connectivity index (χ3n) is 2.93. The molecule has 3 aromatic heterocycles. The molecule has 0 aliphatic carbocycles. The normalized spacial score (nSPS) is 10.6. The van der Waals surface area contributed by atoms with Crippen LogP contribution in [0, 0.1) is 6.92 Å². The van der Waals surface area contributed by atoms with E-state index in [0.29, 0.717) is 16.0 Å². The lowest BCUT2D eigenvalue weighted by Crippen LogP contribution is -2.17. The summed E-state index contributed by atoms with van der Waals surface area (Å²) >= 11 is 7.28. The van der Waals surface area contributed by atoms with Gasteiger partial charge in [0.05, 0.1) is 16.5 Å². The Labute approximate surface area is 136 Å². The molecule has 5 nitrogen and oxygen atoms in total. The summed E-state index contributed by atoms with van der Waals surface area (Å²) < 4.78 is 2.30. The third kappa shape index (κ3) is 3.35. The van der Waals surface area contributed by atoms with Crippen molar-refractivity contribution in [2.24, 2.45) is 0 Å². The van der Waals surface area contributed by atoms with Gasteiger partial charge in [-0.2, -0.15) is 9.78 Å². The Balaban J connectivity index is 1.79. The fourth-order valence-corrected chi connectivity index (χ4v) is 3.12. The minimum Gasteiger partial charge on any atom is -0.310 e. The van der Waals surface area contributed by atoms with Gasteiger partial charge in [-0.1, -0.05) is 17.7 Å². The Morgan fingerprint density at radius 1 is 1.36 bits per heavy atom. The minimum absolute atomic E-state index is 0.115. The van der Waals surface area contributed by atoms with E-state index in [9.17, 15) is 4.79 Å². The van der Waals surface area contributed by atoms with Crippen molar-refractivity contribution in [1.29, 1.82) is 0 Å². The molecule has 0 spiro atoms. The Morgan fingerprint density at radius 2 is 2.23 bits per heavy atom. The van der Waals surface area contributed by atoms with E-state index in [-0.39, 0.29) is 12.3 Å². The van der Waals surface area contributed by atoms with Crippen molar-refractivity contribution >= 4 is 34.7 Å². The lowest BCUT2D eigenvalue weighted by Gasteiger charge is -2.07. The van der Waals surface area contributed by atoms with E-state index in [1.165, 1.54) is 11.3 Å². The highest BCUT2D eigenvalue weighted by molar-refractivity contribution is 7.16. The molecule has 0 radical (unpaired) electrons. The first-order valence-electron chi connectivity index (χ1n) is 6.64. The number of hydrogen-bond acceptors (Lipinski definition) is 4. The van der Waals surface area contributed by atoms with Gasteiger partial charge in [0, 0.05) is 17.1 Å². The fourth-order valence-electron chi connectivity index (χ4n) is 2.03. The van der Waals surface area contributed by atoms with Gasteiger partial charge < -0.3 is 5.32 Å². The summed E-state index contributed by atoms with van der Waals surface area (Å²) in [5.74, 6) is 1.14. The number of rotatable bonds is 4. The lowest BCUT2D eigenvalue weighted by atomic mass is 10.3. The summed E-state index contributed by atoms with van der Waals surface area (Å²) in [5.41, 5.74) is 0.806. The molecule has 0 saturated heterocycles. The molecule has 22 heavy (non-hydrogen) atoms. The van der Waals surface area contributed by atoms with Crippen molar-refractivity contribution in [3.63, 3.8) is 0 Å². The van der Waals surface area contributed by atoms with Crippen molar-refractivity contribution in [1.82, 2.24) is 14.8 Å². The molecule has 0 bridgehead atoms. The summed E-state index contributed by atoms with van der Waals surface area (Å²) in [6, 6.07) is 11.0. The maximum atomic E-state index is 12.2. The molecule has 0 atom stereocenters. The van der Waals surface area contributed by atoms with Crippen molar-refractivity contribution in [2.45, 2.75) is 13.3 Å². The maximum Gasteiger partial charge on any atom is 0.230 e. The van der Waals surface area contributed by atoms with E-state index in [1.54, 1.807) is 16.9 Å². The number of pyridine rings is 1. The molecule has 112 valence electrons.